The van der Waals surface area contributed by atoms with Gasteiger partial charge in [0.1, 0.15) is 35.8 Å². The highest BCUT2D eigenvalue weighted by Crippen LogP contribution is 2.58. The number of piperidine rings is 2. The van der Waals surface area contributed by atoms with Crippen LogP contribution in [0.4, 0.5) is 5.82 Å². The van der Waals surface area contributed by atoms with Crippen LogP contribution < -0.4 is 20.1 Å². The molecule has 0 bridgehead atoms. The van der Waals surface area contributed by atoms with Gasteiger partial charge in [0.2, 0.25) is 5.91 Å². The van der Waals surface area contributed by atoms with E-state index in [0.29, 0.717) is 35.1 Å². The Morgan fingerprint density at radius 2 is 1.56 bits per heavy atom. The van der Waals surface area contributed by atoms with Crippen molar-refractivity contribution in [1.29, 1.82) is 5.26 Å². The summed E-state index contributed by atoms with van der Waals surface area (Å²) in [5, 5.41) is 17.7. The molecule has 4 fully saturated rings. The number of likely N-dealkylation sites (tertiary alicyclic amines) is 1. The van der Waals surface area contributed by atoms with Crippen molar-refractivity contribution in [2.24, 2.45) is 22.5 Å². The van der Waals surface area contributed by atoms with E-state index < -0.39 is 52.6 Å². The highest BCUT2D eigenvalue weighted by molar-refractivity contribution is 6.31. The quantitative estimate of drug-likeness (QED) is 0.221. The highest BCUT2D eigenvalue weighted by Gasteiger charge is 2.68. The van der Waals surface area contributed by atoms with Crippen molar-refractivity contribution in [2.75, 3.05) is 24.5 Å². The SMILES string of the molecule is CC(C)N(CC1CCN(c2ccc(C(N)=O)nn2)CC1)C1CC(Oc2ccc3c(c2)C(=O)N(C2CCC(=O)N(C4C(C)(C)C(Oc5ccc(C#N)c(Cl)c5)C4(C)C)C2=O)C3=O)C1. The molecular formula is C46H53ClN8O7. The minimum atomic E-state index is -1.14. The van der Waals surface area contributed by atoms with E-state index in [1.165, 1.54) is 4.90 Å². The fourth-order valence-electron chi connectivity index (χ4n) is 10.9. The van der Waals surface area contributed by atoms with Gasteiger partial charge in [0.15, 0.2) is 11.5 Å². The number of hydrogen-bond acceptors (Lipinski definition) is 12. The number of aromatic nitrogens is 2. The first-order chi connectivity index (χ1) is 29.4. The molecule has 5 amide bonds. The first-order valence-corrected chi connectivity index (χ1v) is 21.8. The largest absolute Gasteiger partial charge is 0.490 e. The molecule has 62 heavy (non-hydrogen) atoms. The number of imide groups is 2. The van der Waals surface area contributed by atoms with Gasteiger partial charge >= 0.3 is 0 Å². The number of benzene rings is 2. The molecular weight excluding hydrogens is 812 g/mol. The zero-order chi connectivity index (χ0) is 44.4. The third-order valence-electron chi connectivity index (χ3n) is 13.8. The number of ether oxygens (including phenoxy) is 2. The van der Waals surface area contributed by atoms with E-state index in [-0.39, 0.29) is 46.7 Å². The summed E-state index contributed by atoms with van der Waals surface area (Å²) in [6, 6.07) is 14.2. The first-order valence-electron chi connectivity index (χ1n) is 21.5. The zero-order valence-electron chi connectivity index (χ0n) is 36.0. The van der Waals surface area contributed by atoms with Gasteiger partial charge in [-0.05, 0) is 81.5 Å². The number of amides is 5. The molecule has 3 aromatic rings. The monoisotopic (exact) mass is 864 g/mol. The molecule has 2 saturated carbocycles. The van der Waals surface area contributed by atoms with Crippen molar-refractivity contribution in [3.8, 4) is 17.6 Å². The molecule has 2 aromatic carbocycles. The molecule has 326 valence electrons. The number of nitriles is 1. The van der Waals surface area contributed by atoms with E-state index in [9.17, 15) is 29.2 Å². The number of primary amides is 1. The van der Waals surface area contributed by atoms with E-state index in [0.717, 1.165) is 56.0 Å². The normalized spacial score (nSPS) is 25.7. The van der Waals surface area contributed by atoms with Gasteiger partial charge in [0, 0.05) is 67.9 Å². The van der Waals surface area contributed by atoms with Gasteiger partial charge in [-0.25, -0.2) is 0 Å². The Labute approximate surface area is 366 Å². The molecule has 15 nitrogen and oxygen atoms in total. The smallest absolute Gasteiger partial charge is 0.269 e. The Bertz CT molecular complexity index is 2330. The van der Waals surface area contributed by atoms with Gasteiger partial charge in [-0.15, -0.1) is 10.2 Å². The fraction of sp³-hybridized carbons (Fsp3) is 0.522. The third kappa shape index (κ3) is 7.55. The summed E-state index contributed by atoms with van der Waals surface area (Å²) in [6.07, 6.45) is 3.22. The number of carbonyl (C=O) groups is 5. The van der Waals surface area contributed by atoms with Crippen LogP contribution in [0.5, 0.6) is 11.5 Å². The predicted octanol–water partition coefficient (Wildman–Crippen LogP) is 5.63. The molecule has 5 aliphatic rings. The average Bonchev–Trinajstić information content (AvgIpc) is 3.46. The zero-order valence-corrected chi connectivity index (χ0v) is 36.7. The van der Waals surface area contributed by atoms with Crippen molar-refractivity contribution < 1.29 is 33.4 Å². The predicted molar refractivity (Wildman–Crippen MR) is 229 cm³/mol. The highest BCUT2D eigenvalue weighted by atomic mass is 35.5. The Kier molecular flexibility index (Phi) is 11.3. The van der Waals surface area contributed by atoms with Crippen molar-refractivity contribution >= 4 is 47.0 Å². The number of nitrogens with two attached hydrogens (primary N) is 1. The lowest BCUT2D eigenvalue weighted by atomic mass is 9.48. The number of anilines is 1. The van der Waals surface area contributed by atoms with E-state index in [1.54, 1.807) is 48.5 Å². The number of rotatable bonds is 12. The Morgan fingerprint density at radius 1 is 0.903 bits per heavy atom. The Balaban J connectivity index is 0.877. The maximum absolute atomic E-state index is 14.4. The number of nitrogens with zero attached hydrogens (tertiary/aromatic N) is 7. The lowest BCUT2D eigenvalue weighted by Crippen LogP contribution is -2.77. The van der Waals surface area contributed by atoms with Crippen LogP contribution in [0, 0.1) is 28.1 Å². The maximum Gasteiger partial charge on any atom is 0.269 e. The summed E-state index contributed by atoms with van der Waals surface area (Å²) in [5.74, 6) is -0.449. The molecule has 0 spiro atoms. The van der Waals surface area contributed by atoms with Gasteiger partial charge < -0.3 is 20.1 Å². The van der Waals surface area contributed by atoms with Crippen molar-refractivity contribution in [2.45, 2.75) is 116 Å². The fourth-order valence-corrected chi connectivity index (χ4v) is 11.1. The maximum atomic E-state index is 14.4. The van der Waals surface area contributed by atoms with Crippen LogP contribution in [0.15, 0.2) is 48.5 Å². The van der Waals surface area contributed by atoms with Crippen LogP contribution in [0.2, 0.25) is 5.02 Å². The van der Waals surface area contributed by atoms with E-state index in [4.69, 9.17) is 26.8 Å². The minimum Gasteiger partial charge on any atom is -0.490 e. The van der Waals surface area contributed by atoms with Crippen molar-refractivity contribution in [1.82, 2.24) is 24.9 Å². The lowest BCUT2D eigenvalue weighted by molar-refractivity contribution is -0.216. The molecule has 16 heteroatoms. The lowest BCUT2D eigenvalue weighted by Gasteiger charge is -2.65. The van der Waals surface area contributed by atoms with Gasteiger partial charge in [0.25, 0.3) is 23.6 Å². The van der Waals surface area contributed by atoms with Gasteiger partial charge in [-0.3, -0.25) is 38.7 Å². The second-order valence-corrected chi connectivity index (χ2v) is 19.3. The molecule has 3 aliphatic heterocycles. The van der Waals surface area contributed by atoms with Gasteiger partial charge in [-0.1, -0.05) is 39.3 Å². The minimum absolute atomic E-state index is 0.00369. The molecule has 2 N–H and O–H groups in total. The topological polar surface area (TPSA) is 192 Å². The van der Waals surface area contributed by atoms with Crippen LogP contribution >= 0.6 is 11.6 Å². The summed E-state index contributed by atoms with van der Waals surface area (Å²) < 4.78 is 12.8. The molecule has 4 heterocycles. The number of carbonyl (C=O) groups excluding carboxylic acids is 5. The summed E-state index contributed by atoms with van der Waals surface area (Å²) >= 11 is 6.28. The molecule has 1 aromatic heterocycles. The molecule has 2 aliphatic carbocycles. The Morgan fingerprint density at radius 3 is 2.18 bits per heavy atom. The Hall–Kier alpha value is -5.59. The summed E-state index contributed by atoms with van der Waals surface area (Å²) in [6.45, 7) is 14.8. The third-order valence-corrected chi connectivity index (χ3v) is 14.1. The summed E-state index contributed by atoms with van der Waals surface area (Å²) in [4.78, 5) is 74.3. The van der Waals surface area contributed by atoms with Crippen LogP contribution in [0.1, 0.15) is 117 Å². The van der Waals surface area contributed by atoms with Crippen LogP contribution in [0.3, 0.4) is 0 Å². The second kappa shape index (κ2) is 16.3. The van der Waals surface area contributed by atoms with Crippen molar-refractivity contribution in [3.63, 3.8) is 0 Å². The molecule has 1 atom stereocenters. The second-order valence-electron chi connectivity index (χ2n) is 18.9. The number of halogens is 1. The van der Waals surface area contributed by atoms with Crippen LogP contribution in [-0.2, 0) is 9.59 Å². The molecule has 1 unspecified atom stereocenters. The first kappa shape index (κ1) is 43.1. The molecule has 8 rings (SSSR count). The van der Waals surface area contributed by atoms with Crippen molar-refractivity contribution in [3.05, 3.63) is 75.9 Å². The van der Waals surface area contributed by atoms with E-state index in [2.05, 4.69) is 33.8 Å². The van der Waals surface area contributed by atoms with Gasteiger partial charge in [0.05, 0.1) is 27.8 Å². The van der Waals surface area contributed by atoms with Crippen LogP contribution in [-0.4, -0.2) is 110 Å². The number of hydrogen-bond donors (Lipinski definition) is 1. The average molecular weight is 865 g/mol. The molecule has 2 saturated heterocycles. The van der Waals surface area contributed by atoms with E-state index in [1.807, 2.05) is 33.8 Å². The summed E-state index contributed by atoms with van der Waals surface area (Å²) in [7, 11) is 0. The molecule has 0 radical (unpaired) electrons. The van der Waals surface area contributed by atoms with Gasteiger partial charge in [-0.2, -0.15) is 5.26 Å². The standard InChI is InChI=1S/C46H53ClN8O7/c1-25(2)53(24-26-15-17-52(18-16-26)37-13-11-35(39(49)57)50-51-37)28-19-31(20-28)61-29-9-10-32-33(21-29)41(59)54(40(32)58)36-12-14-38(56)55(42(36)60)43-45(3,4)44(46(43,5)6)62-30-8-7-27(23-48)34(47)22-30/h7-11,13,21-22,25-26,28,31,36,43-44H,12,14-20,24H2,1-6H3,(H2,49,57). The summed E-state index contributed by atoms with van der Waals surface area (Å²) in [5.41, 5.74) is 4.75. The van der Waals surface area contributed by atoms with E-state index >= 15 is 0 Å². The van der Waals surface area contributed by atoms with Crippen LogP contribution in [0.25, 0.3) is 0 Å². The number of fused-ring (bicyclic) bond motifs is 1.